The number of aromatic amines is 1. The van der Waals surface area contributed by atoms with E-state index in [4.69, 9.17) is 0 Å². The first kappa shape index (κ1) is 19.8. The number of aliphatic imine (C=N–C) groups is 1. The predicted octanol–water partition coefficient (Wildman–Crippen LogP) is 3.35. The Kier molecular flexibility index (Phi) is 9.08. The van der Waals surface area contributed by atoms with Crippen molar-refractivity contribution >= 4 is 41.7 Å². The average molecular weight is 445 g/mol. The van der Waals surface area contributed by atoms with Crippen molar-refractivity contribution in [2.45, 2.75) is 24.9 Å². The molecule has 5 nitrogen and oxygen atoms in total. The van der Waals surface area contributed by atoms with Crippen molar-refractivity contribution in [3.8, 4) is 0 Å². The maximum absolute atomic E-state index is 4.64. The van der Waals surface area contributed by atoms with Crippen molar-refractivity contribution < 1.29 is 0 Å². The van der Waals surface area contributed by atoms with Gasteiger partial charge in [0, 0.05) is 31.2 Å². The van der Waals surface area contributed by atoms with Crippen molar-refractivity contribution in [1.29, 1.82) is 0 Å². The van der Waals surface area contributed by atoms with Crippen LogP contribution in [0.25, 0.3) is 0 Å². The van der Waals surface area contributed by atoms with Gasteiger partial charge in [0.2, 0.25) is 0 Å². The van der Waals surface area contributed by atoms with Gasteiger partial charge in [-0.1, -0.05) is 12.1 Å². The second-order valence-electron chi connectivity index (χ2n) is 4.96. The highest BCUT2D eigenvalue weighted by Gasteiger charge is 2.06. The number of hydrogen-bond acceptors (Lipinski definition) is 3. The number of benzene rings is 1. The van der Waals surface area contributed by atoms with E-state index in [9.17, 15) is 0 Å². The summed E-state index contributed by atoms with van der Waals surface area (Å²) in [7, 11) is 2.05. The minimum Gasteiger partial charge on any atom is -0.357 e. The summed E-state index contributed by atoms with van der Waals surface area (Å²) in [5.74, 6) is 0.894. The van der Waals surface area contributed by atoms with E-state index in [0.717, 1.165) is 24.7 Å². The van der Waals surface area contributed by atoms with Gasteiger partial charge < -0.3 is 10.2 Å². The van der Waals surface area contributed by atoms with Crippen LogP contribution in [0.3, 0.4) is 0 Å². The van der Waals surface area contributed by atoms with E-state index in [1.807, 2.05) is 6.07 Å². The second kappa shape index (κ2) is 10.5. The zero-order valence-electron chi connectivity index (χ0n) is 13.7. The van der Waals surface area contributed by atoms with Gasteiger partial charge in [-0.2, -0.15) is 5.10 Å². The summed E-state index contributed by atoms with van der Waals surface area (Å²) in [5.41, 5.74) is 2.28. The third-order valence-corrected chi connectivity index (χ3v) is 3.98. The second-order valence-corrected chi connectivity index (χ2v) is 5.84. The Hall–Kier alpha value is -1.22. The number of thioether (sulfide) groups is 1. The van der Waals surface area contributed by atoms with Crippen LogP contribution in [0.15, 0.2) is 46.4 Å². The third kappa shape index (κ3) is 6.42. The maximum Gasteiger partial charge on any atom is 0.194 e. The van der Waals surface area contributed by atoms with Gasteiger partial charge in [0.15, 0.2) is 5.96 Å². The summed E-state index contributed by atoms with van der Waals surface area (Å²) in [6, 6.07) is 10.6. The van der Waals surface area contributed by atoms with Gasteiger partial charge in [-0.3, -0.25) is 5.10 Å². The molecule has 0 fully saturated rings. The fourth-order valence-electron chi connectivity index (χ4n) is 2.08. The molecule has 0 saturated heterocycles. The Bertz CT molecular complexity index is 583. The van der Waals surface area contributed by atoms with Crippen LogP contribution in [-0.2, 0) is 13.1 Å². The lowest BCUT2D eigenvalue weighted by atomic mass is 10.2. The molecular formula is C16H24IN5S. The fourth-order valence-corrected chi connectivity index (χ4v) is 2.49. The molecule has 0 spiro atoms. The Morgan fingerprint density at radius 3 is 2.61 bits per heavy atom. The van der Waals surface area contributed by atoms with Crippen LogP contribution in [-0.4, -0.2) is 40.9 Å². The van der Waals surface area contributed by atoms with E-state index < -0.39 is 0 Å². The molecule has 2 aromatic rings. The van der Waals surface area contributed by atoms with Crippen LogP contribution in [0.5, 0.6) is 0 Å². The van der Waals surface area contributed by atoms with Crippen LogP contribution < -0.4 is 5.32 Å². The molecule has 2 N–H and O–H groups in total. The van der Waals surface area contributed by atoms with Gasteiger partial charge in [-0.25, -0.2) is 4.99 Å². The SMILES string of the molecule is CCNC(=NCc1ccn[nH]1)N(C)Cc1ccc(SC)cc1.I. The minimum atomic E-state index is 0. The molecule has 0 amide bonds. The van der Waals surface area contributed by atoms with Crippen LogP contribution >= 0.6 is 35.7 Å². The first-order chi connectivity index (χ1) is 10.7. The topological polar surface area (TPSA) is 56.3 Å². The molecule has 0 saturated carbocycles. The lowest BCUT2D eigenvalue weighted by Crippen LogP contribution is -2.38. The third-order valence-electron chi connectivity index (χ3n) is 3.23. The highest BCUT2D eigenvalue weighted by molar-refractivity contribution is 14.0. The number of rotatable bonds is 6. The van der Waals surface area contributed by atoms with Crippen LogP contribution in [0, 0.1) is 0 Å². The summed E-state index contributed by atoms with van der Waals surface area (Å²) in [4.78, 5) is 8.06. The average Bonchev–Trinajstić information content (AvgIpc) is 3.05. The van der Waals surface area contributed by atoms with E-state index in [-0.39, 0.29) is 24.0 Å². The van der Waals surface area contributed by atoms with Crippen LogP contribution in [0.2, 0.25) is 0 Å². The lowest BCUT2D eigenvalue weighted by Gasteiger charge is -2.22. The predicted molar refractivity (Wildman–Crippen MR) is 109 cm³/mol. The van der Waals surface area contributed by atoms with Gasteiger partial charge in [0.25, 0.3) is 0 Å². The number of nitrogens with one attached hydrogen (secondary N) is 2. The molecule has 0 radical (unpaired) electrons. The fraction of sp³-hybridized carbons (Fsp3) is 0.375. The zero-order valence-corrected chi connectivity index (χ0v) is 16.9. The molecule has 23 heavy (non-hydrogen) atoms. The summed E-state index contributed by atoms with van der Waals surface area (Å²) < 4.78 is 0. The Morgan fingerprint density at radius 1 is 1.30 bits per heavy atom. The molecule has 1 aromatic heterocycles. The summed E-state index contributed by atoms with van der Waals surface area (Å²) in [6.07, 6.45) is 3.83. The minimum absolute atomic E-state index is 0. The largest absolute Gasteiger partial charge is 0.357 e. The smallest absolute Gasteiger partial charge is 0.194 e. The Balaban J connectivity index is 0.00000264. The van der Waals surface area contributed by atoms with Gasteiger partial charge in [-0.15, -0.1) is 35.7 Å². The number of aromatic nitrogens is 2. The first-order valence-corrected chi connectivity index (χ1v) is 8.56. The van der Waals surface area contributed by atoms with Gasteiger partial charge in [-0.05, 0) is 36.9 Å². The molecule has 7 heteroatoms. The normalized spacial score (nSPS) is 11.0. The van der Waals surface area contributed by atoms with Crippen LogP contribution in [0.1, 0.15) is 18.2 Å². The molecule has 1 aromatic carbocycles. The van der Waals surface area contributed by atoms with Gasteiger partial charge in [0.05, 0.1) is 12.2 Å². The summed E-state index contributed by atoms with van der Waals surface area (Å²) in [5, 5.41) is 10.2. The molecule has 2 rings (SSSR count). The summed E-state index contributed by atoms with van der Waals surface area (Å²) >= 11 is 1.76. The van der Waals surface area contributed by atoms with Crippen LogP contribution in [0.4, 0.5) is 0 Å². The standard InChI is InChI=1S/C16H23N5S.HI/c1-4-17-16(18-11-14-9-10-19-20-14)21(2)12-13-5-7-15(22-3)8-6-13;/h5-10H,4,11-12H2,1-3H3,(H,17,18)(H,19,20);1H. The number of H-pyrrole nitrogens is 1. The van der Waals surface area contributed by atoms with E-state index in [0.29, 0.717) is 6.54 Å². The molecule has 0 aliphatic rings. The van der Waals surface area contributed by atoms with E-state index in [1.54, 1.807) is 18.0 Å². The van der Waals surface area contributed by atoms with E-state index >= 15 is 0 Å². The molecule has 0 aliphatic heterocycles. The number of hydrogen-bond donors (Lipinski definition) is 2. The molecule has 0 atom stereocenters. The van der Waals surface area contributed by atoms with Crippen molar-refractivity contribution in [3.63, 3.8) is 0 Å². The Morgan fingerprint density at radius 2 is 2.04 bits per heavy atom. The lowest BCUT2D eigenvalue weighted by molar-refractivity contribution is 0.476. The van der Waals surface area contributed by atoms with E-state index in [2.05, 4.69) is 69.9 Å². The molecule has 0 aliphatic carbocycles. The highest BCUT2D eigenvalue weighted by atomic mass is 127. The maximum atomic E-state index is 4.64. The molecule has 0 unspecified atom stereocenters. The molecule has 126 valence electrons. The Labute approximate surface area is 159 Å². The number of guanidine groups is 1. The number of nitrogens with zero attached hydrogens (tertiary/aromatic N) is 3. The number of halogens is 1. The first-order valence-electron chi connectivity index (χ1n) is 7.33. The monoisotopic (exact) mass is 445 g/mol. The quantitative estimate of drug-likeness (QED) is 0.310. The van der Waals surface area contributed by atoms with Gasteiger partial charge in [0.1, 0.15) is 0 Å². The molecular weight excluding hydrogens is 421 g/mol. The zero-order chi connectivity index (χ0) is 15.8. The molecule has 1 heterocycles. The van der Waals surface area contributed by atoms with E-state index in [1.165, 1.54) is 10.5 Å². The highest BCUT2D eigenvalue weighted by Crippen LogP contribution is 2.15. The summed E-state index contributed by atoms with van der Waals surface area (Å²) in [6.45, 7) is 4.34. The van der Waals surface area contributed by atoms with Crippen molar-refractivity contribution in [2.75, 3.05) is 19.8 Å². The molecule has 0 bridgehead atoms. The van der Waals surface area contributed by atoms with Crippen molar-refractivity contribution in [3.05, 3.63) is 47.8 Å². The van der Waals surface area contributed by atoms with Crippen molar-refractivity contribution in [1.82, 2.24) is 20.4 Å². The van der Waals surface area contributed by atoms with Crippen molar-refractivity contribution in [2.24, 2.45) is 4.99 Å². The van der Waals surface area contributed by atoms with Gasteiger partial charge >= 0.3 is 0 Å².